The van der Waals surface area contributed by atoms with Crippen molar-refractivity contribution in [2.75, 3.05) is 18.4 Å². The highest BCUT2D eigenvalue weighted by Crippen LogP contribution is 2.27. The minimum Gasteiger partial charge on any atom is -0.309 e. The van der Waals surface area contributed by atoms with Crippen molar-refractivity contribution in [1.29, 1.82) is 0 Å². The number of carbonyl (C=O) groups excluding carboxylic acids is 1. The number of carbonyl (C=O) groups is 1. The molecule has 40 heavy (non-hydrogen) atoms. The van der Waals surface area contributed by atoms with Crippen LogP contribution in [0.15, 0.2) is 102 Å². The number of hydrogen-bond acceptors (Lipinski definition) is 5. The molecule has 0 spiro atoms. The predicted octanol–water partition coefficient (Wildman–Crippen LogP) is 5.83. The van der Waals surface area contributed by atoms with Crippen LogP contribution in [0.2, 0.25) is 0 Å². The third kappa shape index (κ3) is 5.80. The molecule has 0 unspecified atom stereocenters. The molecule has 1 amide bonds. The van der Waals surface area contributed by atoms with Crippen molar-refractivity contribution < 1.29 is 13.2 Å². The van der Waals surface area contributed by atoms with Crippen molar-refractivity contribution in [2.45, 2.75) is 31.6 Å². The molecule has 8 nitrogen and oxygen atoms in total. The van der Waals surface area contributed by atoms with Gasteiger partial charge in [0.05, 0.1) is 23.4 Å². The summed E-state index contributed by atoms with van der Waals surface area (Å²) in [4.78, 5) is 17.8. The molecule has 0 aliphatic carbocycles. The number of aryl methyl sites for hydroxylation is 1. The number of sulfonamides is 1. The number of hydrogen-bond donors (Lipinski definition) is 1. The van der Waals surface area contributed by atoms with Gasteiger partial charge < -0.3 is 5.32 Å². The Labute approximate surface area is 234 Å². The molecule has 0 radical (unpaired) electrons. The van der Waals surface area contributed by atoms with Crippen LogP contribution in [0.3, 0.4) is 0 Å². The van der Waals surface area contributed by atoms with E-state index in [1.165, 1.54) is 4.31 Å². The highest BCUT2D eigenvalue weighted by molar-refractivity contribution is 7.89. The molecule has 9 heteroatoms. The van der Waals surface area contributed by atoms with Crippen molar-refractivity contribution in [3.05, 3.63) is 103 Å². The van der Waals surface area contributed by atoms with Crippen LogP contribution >= 0.6 is 0 Å². The normalized spacial score (nSPS) is 11.7. The van der Waals surface area contributed by atoms with Crippen LogP contribution in [0.25, 0.3) is 27.8 Å². The maximum atomic E-state index is 13.8. The van der Waals surface area contributed by atoms with E-state index >= 15 is 0 Å². The summed E-state index contributed by atoms with van der Waals surface area (Å²) in [6.45, 7) is 3.85. The first-order valence-electron chi connectivity index (χ1n) is 13.2. The first kappa shape index (κ1) is 27.2. The van der Waals surface area contributed by atoms with E-state index in [0.29, 0.717) is 23.4 Å². The number of benzene rings is 3. The van der Waals surface area contributed by atoms with Gasteiger partial charge in [0, 0.05) is 29.8 Å². The summed E-state index contributed by atoms with van der Waals surface area (Å²) < 4.78 is 30.6. The van der Waals surface area contributed by atoms with Gasteiger partial charge in [-0.2, -0.15) is 9.40 Å². The smallest absolute Gasteiger partial charge is 0.245 e. The van der Waals surface area contributed by atoms with E-state index in [0.717, 1.165) is 28.6 Å². The lowest BCUT2D eigenvalue weighted by atomic mass is 10.1. The standard InChI is InChI=1S/C31H31N5O3S/c1-3-4-20-35(40(38,39)28-14-8-12-25-13-9-19-32-31(25)28)22-30(37)33-29-21-27(24-10-6-5-7-11-24)34-36(29)26-17-15-23(2)16-18-26/h5-19,21H,3-4,20,22H2,1-2H3,(H,33,37). The fraction of sp³-hybridized carbons (Fsp3) is 0.194. The lowest BCUT2D eigenvalue weighted by Crippen LogP contribution is -2.39. The molecule has 0 fully saturated rings. The Kier molecular flexibility index (Phi) is 8.04. The molecule has 1 N–H and O–H groups in total. The largest absolute Gasteiger partial charge is 0.309 e. The Morgan fingerprint density at radius 2 is 1.70 bits per heavy atom. The SMILES string of the molecule is CCCCN(CC(=O)Nc1cc(-c2ccccc2)nn1-c1ccc(C)cc1)S(=O)(=O)c1cccc2cccnc12. The van der Waals surface area contributed by atoms with Crippen molar-refractivity contribution >= 4 is 32.7 Å². The van der Waals surface area contributed by atoms with E-state index in [2.05, 4.69) is 10.3 Å². The zero-order chi connectivity index (χ0) is 28.1. The molecule has 0 aliphatic rings. The number of unbranched alkanes of at least 4 members (excludes halogenated alkanes) is 1. The first-order valence-corrected chi connectivity index (χ1v) is 14.7. The summed E-state index contributed by atoms with van der Waals surface area (Å²) in [6.07, 6.45) is 2.97. The molecule has 0 aliphatic heterocycles. The van der Waals surface area contributed by atoms with Crippen LogP contribution < -0.4 is 5.32 Å². The zero-order valence-corrected chi connectivity index (χ0v) is 23.3. The van der Waals surface area contributed by atoms with E-state index in [1.807, 2.05) is 80.6 Å². The summed E-state index contributed by atoms with van der Waals surface area (Å²) in [5.41, 5.74) is 3.86. The molecular weight excluding hydrogens is 522 g/mol. The number of nitrogens with zero attached hydrogens (tertiary/aromatic N) is 4. The number of nitrogens with one attached hydrogen (secondary N) is 1. The minimum atomic E-state index is -4.00. The second-order valence-electron chi connectivity index (χ2n) is 9.60. The van der Waals surface area contributed by atoms with E-state index < -0.39 is 15.9 Å². The monoisotopic (exact) mass is 553 g/mol. The summed E-state index contributed by atoms with van der Waals surface area (Å²) in [5.74, 6) is -0.00637. The number of pyridine rings is 1. The Morgan fingerprint density at radius 3 is 2.45 bits per heavy atom. The fourth-order valence-corrected chi connectivity index (χ4v) is 6.09. The quantitative estimate of drug-likeness (QED) is 0.235. The zero-order valence-electron chi connectivity index (χ0n) is 22.5. The van der Waals surface area contributed by atoms with Gasteiger partial charge in [0.1, 0.15) is 10.7 Å². The average molecular weight is 554 g/mol. The molecule has 3 aromatic carbocycles. The van der Waals surface area contributed by atoms with Crippen molar-refractivity contribution in [1.82, 2.24) is 19.1 Å². The maximum absolute atomic E-state index is 13.8. The second kappa shape index (κ2) is 11.8. The molecular formula is C31H31N5O3S. The minimum absolute atomic E-state index is 0.0885. The number of rotatable bonds is 10. The second-order valence-corrected chi connectivity index (χ2v) is 11.5. The average Bonchev–Trinajstić information content (AvgIpc) is 3.39. The van der Waals surface area contributed by atoms with Crippen LogP contribution in [0.1, 0.15) is 25.3 Å². The van der Waals surface area contributed by atoms with Crippen LogP contribution in [0, 0.1) is 6.92 Å². The van der Waals surface area contributed by atoms with E-state index in [1.54, 1.807) is 35.1 Å². The Bertz CT molecular complexity index is 1730. The number of fused-ring (bicyclic) bond motifs is 1. The number of amides is 1. The highest BCUT2D eigenvalue weighted by Gasteiger charge is 2.29. The van der Waals surface area contributed by atoms with Gasteiger partial charge in [-0.3, -0.25) is 9.78 Å². The van der Waals surface area contributed by atoms with E-state index in [4.69, 9.17) is 5.10 Å². The van der Waals surface area contributed by atoms with E-state index in [-0.39, 0.29) is 18.0 Å². The van der Waals surface area contributed by atoms with Gasteiger partial charge in [-0.25, -0.2) is 13.1 Å². The summed E-state index contributed by atoms with van der Waals surface area (Å²) in [6, 6.07) is 27.9. The topological polar surface area (TPSA) is 97.2 Å². The Hall–Kier alpha value is -4.34. The number of aromatic nitrogens is 3. The van der Waals surface area contributed by atoms with Crippen molar-refractivity contribution in [3.63, 3.8) is 0 Å². The molecule has 0 saturated carbocycles. The van der Waals surface area contributed by atoms with Gasteiger partial charge in [-0.15, -0.1) is 0 Å². The summed E-state index contributed by atoms with van der Waals surface area (Å²) in [5, 5.41) is 8.40. The molecule has 5 aromatic rings. The van der Waals surface area contributed by atoms with Crippen molar-refractivity contribution in [2.24, 2.45) is 0 Å². The Balaban J connectivity index is 1.47. The number of para-hydroxylation sites is 1. The maximum Gasteiger partial charge on any atom is 0.245 e. The van der Waals surface area contributed by atoms with E-state index in [9.17, 15) is 13.2 Å². The molecule has 204 valence electrons. The lowest BCUT2D eigenvalue weighted by molar-refractivity contribution is -0.116. The Morgan fingerprint density at radius 1 is 0.950 bits per heavy atom. The van der Waals surface area contributed by atoms with Gasteiger partial charge in [0.25, 0.3) is 0 Å². The van der Waals surface area contributed by atoms with Gasteiger partial charge >= 0.3 is 0 Å². The van der Waals surface area contributed by atoms with Crippen molar-refractivity contribution in [3.8, 4) is 16.9 Å². The lowest BCUT2D eigenvalue weighted by Gasteiger charge is -2.22. The summed E-state index contributed by atoms with van der Waals surface area (Å²) >= 11 is 0. The third-order valence-corrected chi connectivity index (χ3v) is 8.50. The molecule has 0 atom stereocenters. The molecule has 0 saturated heterocycles. The molecule has 2 aromatic heterocycles. The first-order chi connectivity index (χ1) is 19.4. The van der Waals surface area contributed by atoms with Crippen LogP contribution in [-0.4, -0.2) is 46.5 Å². The number of anilines is 1. The molecule has 2 heterocycles. The fourth-order valence-electron chi connectivity index (χ4n) is 4.49. The van der Waals surface area contributed by atoms with Crippen LogP contribution in [-0.2, 0) is 14.8 Å². The van der Waals surface area contributed by atoms with Crippen LogP contribution in [0.5, 0.6) is 0 Å². The van der Waals surface area contributed by atoms with Gasteiger partial charge in [0.15, 0.2) is 0 Å². The highest BCUT2D eigenvalue weighted by atomic mass is 32.2. The predicted molar refractivity (Wildman–Crippen MR) is 158 cm³/mol. The van der Waals surface area contributed by atoms with Gasteiger partial charge in [-0.1, -0.05) is 79.6 Å². The molecule has 5 rings (SSSR count). The summed E-state index contributed by atoms with van der Waals surface area (Å²) in [7, 11) is -4.00. The van der Waals surface area contributed by atoms with Gasteiger partial charge in [-0.05, 0) is 37.6 Å². The third-order valence-electron chi connectivity index (χ3n) is 6.62. The van der Waals surface area contributed by atoms with Gasteiger partial charge in [0.2, 0.25) is 15.9 Å². The van der Waals surface area contributed by atoms with Crippen LogP contribution in [0.4, 0.5) is 5.82 Å². The molecule has 0 bridgehead atoms.